The molecule has 4 rings (SSSR count). The number of H-pyrrole nitrogens is 1. The Hall–Kier alpha value is -3.45. The SMILES string of the molecule is COc1ccc2[nH]c(=O)c(/C=N\NC(=O)CN3Cc4ccccc4C3)cc2c1. The molecule has 1 aromatic heterocycles. The van der Waals surface area contributed by atoms with E-state index in [0.717, 1.165) is 18.5 Å². The van der Waals surface area contributed by atoms with Crippen LogP contribution in [0.4, 0.5) is 0 Å². The van der Waals surface area contributed by atoms with Gasteiger partial charge in [-0.05, 0) is 35.4 Å². The first-order valence-electron chi connectivity index (χ1n) is 8.94. The summed E-state index contributed by atoms with van der Waals surface area (Å²) in [6.07, 6.45) is 1.36. The first kappa shape index (κ1) is 17.9. The number of nitrogens with one attached hydrogen (secondary N) is 2. The predicted octanol–water partition coefficient (Wildman–Crippen LogP) is 2.00. The largest absolute Gasteiger partial charge is 0.497 e. The fourth-order valence-corrected chi connectivity index (χ4v) is 3.35. The molecule has 7 heteroatoms. The summed E-state index contributed by atoms with van der Waals surface area (Å²) in [5, 5.41) is 4.76. The maximum absolute atomic E-state index is 12.2. The van der Waals surface area contributed by atoms with E-state index in [9.17, 15) is 9.59 Å². The highest BCUT2D eigenvalue weighted by molar-refractivity contribution is 5.89. The van der Waals surface area contributed by atoms with E-state index in [2.05, 4.69) is 27.6 Å². The molecule has 0 atom stereocenters. The van der Waals surface area contributed by atoms with Gasteiger partial charge in [-0.25, -0.2) is 5.43 Å². The molecule has 3 aromatic rings. The van der Waals surface area contributed by atoms with E-state index in [-0.39, 0.29) is 18.0 Å². The quantitative estimate of drug-likeness (QED) is 0.527. The third kappa shape index (κ3) is 3.79. The molecular formula is C21H20N4O3. The second-order valence-electron chi connectivity index (χ2n) is 6.71. The number of carbonyl (C=O) groups excluding carboxylic acids is 1. The summed E-state index contributed by atoms with van der Waals surface area (Å²) in [5.74, 6) is 0.477. The van der Waals surface area contributed by atoms with Crippen LogP contribution in [0.1, 0.15) is 16.7 Å². The Morgan fingerprint density at radius 3 is 2.68 bits per heavy atom. The summed E-state index contributed by atoms with van der Waals surface area (Å²) < 4.78 is 5.20. The number of fused-ring (bicyclic) bond motifs is 2. The molecule has 2 heterocycles. The average molecular weight is 376 g/mol. The number of benzene rings is 2. The minimum Gasteiger partial charge on any atom is -0.497 e. The number of aromatic amines is 1. The summed E-state index contributed by atoms with van der Waals surface area (Å²) in [6.45, 7) is 1.75. The highest BCUT2D eigenvalue weighted by Crippen LogP contribution is 2.21. The van der Waals surface area contributed by atoms with Crippen molar-refractivity contribution in [2.24, 2.45) is 5.10 Å². The Bertz CT molecular complexity index is 1100. The van der Waals surface area contributed by atoms with E-state index >= 15 is 0 Å². The molecule has 1 amide bonds. The average Bonchev–Trinajstić information content (AvgIpc) is 3.10. The van der Waals surface area contributed by atoms with Gasteiger partial charge in [-0.15, -0.1) is 0 Å². The van der Waals surface area contributed by atoms with Crippen molar-refractivity contribution in [3.05, 3.63) is 75.6 Å². The van der Waals surface area contributed by atoms with Gasteiger partial charge >= 0.3 is 0 Å². The number of rotatable bonds is 5. The number of carbonyl (C=O) groups is 1. The zero-order valence-electron chi connectivity index (χ0n) is 15.4. The van der Waals surface area contributed by atoms with E-state index in [1.165, 1.54) is 17.3 Å². The zero-order chi connectivity index (χ0) is 19.5. The number of hydrogen-bond acceptors (Lipinski definition) is 5. The Morgan fingerprint density at radius 2 is 1.96 bits per heavy atom. The highest BCUT2D eigenvalue weighted by Gasteiger charge is 2.20. The fraction of sp³-hybridized carbons (Fsp3) is 0.190. The van der Waals surface area contributed by atoms with Crippen LogP contribution >= 0.6 is 0 Å². The minimum atomic E-state index is -0.273. The highest BCUT2D eigenvalue weighted by atomic mass is 16.5. The van der Waals surface area contributed by atoms with Crippen LogP contribution in [0.5, 0.6) is 5.75 Å². The molecule has 0 saturated carbocycles. The Balaban J connectivity index is 1.40. The number of pyridine rings is 1. The van der Waals surface area contributed by atoms with Crippen LogP contribution in [0.3, 0.4) is 0 Å². The fourth-order valence-electron chi connectivity index (χ4n) is 3.35. The number of hydrogen-bond donors (Lipinski definition) is 2. The molecule has 7 nitrogen and oxygen atoms in total. The second-order valence-corrected chi connectivity index (χ2v) is 6.71. The van der Waals surface area contributed by atoms with Crippen LogP contribution in [0.2, 0.25) is 0 Å². The number of amides is 1. The van der Waals surface area contributed by atoms with Crippen LogP contribution < -0.4 is 15.7 Å². The number of ether oxygens (including phenoxy) is 1. The first-order valence-corrected chi connectivity index (χ1v) is 8.94. The lowest BCUT2D eigenvalue weighted by molar-refractivity contribution is -0.122. The summed E-state index contributed by atoms with van der Waals surface area (Å²) in [7, 11) is 1.59. The molecule has 1 aliphatic heterocycles. The van der Waals surface area contributed by atoms with E-state index in [1.807, 2.05) is 23.1 Å². The monoisotopic (exact) mass is 376 g/mol. The Kier molecular flexibility index (Phi) is 4.90. The van der Waals surface area contributed by atoms with Crippen LogP contribution in [0.15, 0.2) is 58.4 Å². The topological polar surface area (TPSA) is 86.8 Å². The standard InChI is InChI=1S/C21H20N4O3/c1-28-18-6-7-19-16(9-18)8-17(21(27)23-19)10-22-24-20(26)13-25-11-14-4-2-3-5-15(14)12-25/h2-10H,11-13H2,1H3,(H,23,27)(H,24,26)/b22-10-. The molecular weight excluding hydrogens is 356 g/mol. The lowest BCUT2D eigenvalue weighted by Gasteiger charge is -2.12. The molecule has 142 valence electrons. The van der Waals surface area contributed by atoms with Gasteiger partial charge < -0.3 is 9.72 Å². The summed E-state index contributed by atoms with van der Waals surface area (Å²) >= 11 is 0. The van der Waals surface area contributed by atoms with Gasteiger partial charge in [0.25, 0.3) is 11.5 Å². The summed E-state index contributed by atoms with van der Waals surface area (Å²) in [6, 6.07) is 15.3. The zero-order valence-corrected chi connectivity index (χ0v) is 15.4. The van der Waals surface area contributed by atoms with Crippen LogP contribution in [0.25, 0.3) is 10.9 Å². The number of hydrazone groups is 1. The molecule has 2 N–H and O–H groups in total. The van der Waals surface area contributed by atoms with Crippen molar-refractivity contribution in [2.45, 2.75) is 13.1 Å². The van der Waals surface area contributed by atoms with Gasteiger partial charge in [-0.1, -0.05) is 24.3 Å². The third-order valence-corrected chi connectivity index (χ3v) is 4.75. The van der Waals surface area contributed by atoms with Crippen LogP contribution in [-0.4, -0.2) is 35.7 Å². The molecule has 0 saturated heterocycles. The molecule has 0 radical (unpaired) electrons. The van der Waals surface area contributed by atoms with Crippen LogP contribution in [-0.2, 0) is 17.9 Å². The van der Waals surface area contributed by atoms with Gasteiger partial charge in [0.2, 0.25) is 0 Å². The van der Waals surface area contributed by atoms with Gasteiger partial charge in [0.15, 0.2) is 0 Å². The first-order chi connectivity index (χ1) is 13.6. The summed E-state index contributed by atoms with van der Waals surface area (Å²) in [5.41, 5.74) is 5.78. The number of aromatic nitrogens is 1. The lowest BCUT2D eigenvalue weighted by Crippen LogP contribution is -2.32. The molecule has 0 bridgehead atoms. The van der Waals surface area contributed by atoms with Gasteiger partial charge in [-0.3, -0.25) is 14.5 Å². The van der Waals surface area contributed by atoms with E-state index in [4.69, 9.17) is 4.74 Å². The third-order valence-electron chi connectivity index (χ3n) is 4.75. The Labute approximate surface area is 161 Å². The van der Waals surface area contributed by atoms with Gasteiger partial charge in [0.05, 0.1) is 25.4 Å². The maximum atomic E-state index is 12.2. The van der Waals surface area contributed by atoms with Crippen molar-refractivity contribution in [1.82, 2.24) is 15.3 Å². The predicted molar refractivity (Wildman–Crippen MR) is 107 cm³/mol. The number of nitrogens with zero attached hydrogens (tertiary/aromatic N) is 2. The molecule has 0 aliphatic carbocycles. The lowest BCUT2D eigenvalue weighted by atomic mass is 10.1. The molecule has 28 heavy (non-hydrogen) atoms. The molecule has 0 unspecified atom stereocenters. The molecule has 0 spiro atoms. The van der Waals surface area contributed by atoms with Crippen molar-refractivity contribution >= 4 is 23.0 Å². The molecule has 2 aromatic carbocycles. The second kappa shape index (κ2) is 7.66. The number of methoxy groups -OCH3 is 1. The van der Waals surface area contributed by atoms with E-state index < -0.39 is 0 Å². The van der Waals surface area contributed by atoms with Crippen molar-refractivity contribution in [2.75, 3.05) is 13.7 Å². The van der Waals surface area contributed by atoms with E-state index in [1.54, 1.807) is 25.3 Å². The van der Waals surface area contributed by atoms with E-state index in [0.29, 0.717) is 16.8 Å². The van der Waals surface area contributed by atoms with Gasteiger partial charge in [-0.2, -0.15) is 5.10 Å². The maximum Gasteiger partial charge on any atom is 0.257 e. The molecule has 0 fully saturated rings. The van der Waals surface area contributed by atoms with Crippen molar-refractivity contribution < 1.29 is 9.53 Å². The van der Waals surface area contributed by atoms with Crippen LogP contribution in [0, 0.1) is 0 Å². The Morgan fingerprint density at radius 1 is 1.21 bits per heavy atom. The smallest absolute Gasteiger partial charge is 0.257 e. The van der Waals surface area contributed by atoms with Crippen molar-refractivity contribution in [1.29, 1.82) is 0 Å². The summed E-state index contributed by atoms with van der Waals surface area (Å²) in [4.78, 5) is 29.2. The normalized spacial score (nSPS) is 13.8. The van der Waals surface area contributed by atoms with Crippen molar-refractivity contribution in [3.8, 4) is 5.75 Å². The van der Waals surface area contributed by atoms with Crippen molar-refractivity contribution in [3.63, 3.8) is 0 Å². The van der Waals surface area contributed by atoms with Gasteiger partial charge in [0, 0.05) is 24.0 Å². The van der Waals surface area contributed by atoms with Gasteiger partial charge in [0.1, 0.15) is 5.75 Å². The minimum absolute atomic E-state index is 0.219. The molecule has 1 aliphatic rings.